The third-order valence-corrected chi connectivity index (χ3v) is 4.00. The molecule has 0 aliphatic rings. The second-order valence-electron chi connectivity index (χ2n) is 4.58. The van der Waals surface area contributed by atoms with Gasteiger partial charge in [0.05, 0.1) is 18.6 Å². The van der Waals surface area contributed by atoms with E-state index in [1.54, 1.807) is 13.8 Å². The molecule has 0 spiro atoms. The average Bonchev–Trinajstić information content (AvgIpc) is 2.72. The summed E-state index contributed by atoms with van der Waals surface area (Å²) in [5.74, 6) is 0.880. The van der Waals surface area contributed by atoms with Crippen LogP contribution in [0, 0.1) is 13.8 Å². The molecular formula is C13H17N3O3S. The van der Waals surface area contributed by atoms with E-state index in [-0.39, 0.29) is 5.97 Å². The molecule has 0 saturated carbocycles. The van der Waals surface area contributed by atoms with Gasteiger partial charge < -0.3 is 15.2 Å². The fourth-order valence-electron chi connectivity index (χ4n) is 1.91. The van der Waals surface area contributed by atoms with Gasteiger partial charge in [-0.25, -0.2) is 14.8 Å². The molecule has 0 radical (unpaired) electrons. The van der Waals surface area contributed by atoms with Crippen LogP contribution in [0.4, 0.5) is 5.82 Å². The van der Waals surface area contributed by atoms with Crippen molar-refractivity contribution in [2.75, 3.05) is 19.0 Å². The Morgan fingerprint density at radius 3 is 2.75 bits per heavy atom. The standard InChI is InChI=1S/C13H17N3O3S/c1-6(17)5-14-11-9-7(2)10(13(18)19-4)20-12(9)16-8(3)15-11/h6,17H,5H2,1-4H3,(H,14,15,16). The minimum atomic E-state index is -0.487. The SMILES string of the molecule is COC(=O)c1sc2nc(C)nc(NCC(C)O)c2c1C. The van der Waals surface area contributed by atoms with Crippen molar-refractivity contribution in [3.8, 4) is 0 Å². The number of fused-ring (bicyclic) bond motifs is 1. The third kappa shape index (κ3) is 2.73. The number of aliphatic hydroxyl groups excluding tert-OH is 1. The fraction of sp³-hybridized carbons (Fsp3) is 0.462. The van der Waals surface area contributed by atoms with Gasteiger partial charge in [0.15, 0.2) is 0 Å². The number of anilines is 1. The van der Waals surface area contributed by atoms with E-state index in [1.807, 2.05) is 6.92 Å². The molecule has 1 unspecified atom stereocenters. The Balaban J connectivity index is 2.56. The molecule has 2 aromatic heterocycles. The lowest BCUT2D eigenvalue weighted by Gasteiger charge is -2.09. The molecule has 2 aromatic rings. The third-order valence-electron chi connectivity index (χ3n) is 2.84. The van der Waals surface area contributed by atoms with Crippen molar-refractivity contribution in [2.45, 2.75) is 26.9 Å². The number of rotatable bonds is 4. The minimum Gasteiger partial charge on any atom is -0.465 e. The fourth-order valence-corrected chi connectivity index (χ4v) is 3.05. The van der Waals surface area contributed by atoms with Crippen molar-refractivity contribution in [1.29, 1.82) is 0 Å². The van der Waals surface area contributed by atoms with Crippen LogP contribution in [0.2, 0.25) is 0 Å². The average molecular weight is 295 g/mol. The van der Waals surface area contributed by atoms with Gasteiger partial charge in [-0.15, -0.1) is 11.3 Å². The number of aromatic nitrogens is 2. The first-order valence-corrected chi connectivity index (χ1v) is 7.03. The van der Waals surface area contributed by atoms with Gasteiger partial charge in [-0.2, -0.15) is 0 Å². The topological polar surface area (TPSA) is 84.3 Å². The first-order chi connectivity index (χ1) is 9.43. The van der Waals surface area contributed by atoms with Crippen molar-refractivity contribution in [3.63, 3.8) is 0 Å². The summed E-state index contributed by atoms with van der Waals surface area (Å²) in [6.07, 6.45) is -0.487. The molecule has 0 aromatic carbocycles. The predicted octanol–water partition coefficient (Wildman–Crippen LogP) is 1.89. The minimum absolute atomic E-state index is 0.371. The Morgan fingerprint density at radius 2 is 2.15 bits per heavy atom. The summed E-state index contributed by atoms with van der Waals surface area (Å²) in [4.78, 5) is 21.7. The van der Waals surface area contributed by atoms with Gasteiger partial charge in [0.25, 0.3) is 0 Å². The van der Waals surface area contributed by atoms with Gasteiger partial charge in [-0.1, -0.05) is 0 Å². The van der Waals surface area contributed by atoms with Crippen LogP contribution in [0.1, 0.15) is 28.0 Å². The van der Waals surface area contributed by atoms with Gasteiger partial charge in [0, 0.05) is 6.54 Å². The molecule has 0 bridgehead atoms. The molecule has 0 aliphatic carbocycles. The Morgan fingerprint density at radius 1 is 1.45 bits per heavy atom. The van der Waals surface area contributed by atoms with Gasteiger partial charge in [-0.3, -0.25) is 0 Å². The van der Waals surface area contributed by atoms with E-state index in [1.165, 1.54) is 18.4 Å². The van der Waals surface area contributed by atoms with Gasteiger partial charge >= 0.3 is 5.97 Å². The Labute approximate surface area is 120 Å². The lowest BCUT2D eigenvalue weighted by Crippen LogP contribution is -2.16. The summed E-state index contributed by atoms with van der Waals surface area (Å²) in [5, 5.41) is 13.3. The highest BCUT2D eigenvalue weighted by atomic mass is 32.1. The molecule has 0 saturated heterocycles. The van der Waals surface area contributed by atoms with Crippen molar-refractivity contribution < 1.29 is 14.6 Å². The Bertz CT molecular complexity index is 652. The summed E-state index contributed by atoms with van der Waals surface area (Å²) in [5.41, 5.74) is 0.796. The second kappa shape index (κ2) is 5.72. The molecule has 108 valence electrons. The van der Waals surface area contributed by atoms with Crippen LogP contribution in [0.3, 0.4) is 0 Å². The number of esters is 1. The smallest absolute Gasteiger partial charge is 0.348 e. The summed E-state index contributed by atoms with van der Waals surface area (Å²) in [6.45, 7) is 5.71. The van der Waals surface area contributed by atoms with Crippen LogP contribution in [-0.4, -0.2) is 40.8 Å². The highest BCUT2D eigenvalue weighted by Gasteiger charge is 2.20. The zero-order valence-corrected chi connectivity index (χ0v) is 12.7. The monoisotopic (exact) mass is 295 g/mol. The molecular weight excluding hydrogens is 278 g/mol. The summed E-state index contributed by atoms with van der Waals surface area (Å²) < 4.78 is 4.78. The zero-order valence-electron chi connectivity index (χ0n) is 11.9. The molecule has 0 fully saturated rings. The molecule has 2 rings (SSSR count). The van der Waals surface area contributed by atoms with E-state index in [0.717, 1.165) is 15.8 Å². The van der Waals surface area contributed by atoms with E-state index < -0.39 is 6.10 Å². The van der Waals surface area contributed by atoms with Crippen molar-refractivity contribution in [2.24, 2.45) is 0 Å². The van der Waals surface area contributed by atoms with E-state index in [0.29, 0.717) is 23.1 Å². The predicted molar refractivity (Wildman–Crippen MR) is 78.4 cm³/mol. The highest BCUT2D eigenvalue weighted by Crippen LogP contribution is 2.34. The molecule has 0 aliphatic heterocycles. The first-order valence-electron chi connectivity index (χ1n) is 6.22. The van der Waals surface area contributed by atoms with Gasteiger partial charge in [0.2, 0.25) is 0 Å². The number of nitrogens with zero attached hydrogens (tertiary/aromatic N) is 2. The van der Waals surface area contributed by atoms with E-state index in [4.69, 9.17) is 4.74 Å². The van der Waals surface area contributed by atoms with E-state index in [9.17, 15) is 9.90 Å². The number of carbonyl (C=O) groups excluding carboxylic acids is 1. The van der Waals surface area contributed by atoms with Crippen molar-refractivity contribution in [3.05, 3.63) is 16.3 Å². The normalized spacial score (nSPS) is 12.4. The maximum atomic E-state index is 11.7. The number of thiophene rings is 1. The van der Waals surface area contributed by atoms with E-state index in [2.05, 4.69) is 15.3 Å². The number of nitrogens with one attached hydrogen (secondary N) is 1. The zero-order chi connectivity index (χ0) is 14.9. The molecule has 0 amide bonds. The van der Waals surface area contributed by atoms with Gasteiger partial charge in [0.1, 0.15) is 21.3 Å². The van der Waals surface area contributed by atoms with Crippen LogP contribution >= 0.6 is 11.3 Å². The molecule has 2 heterocycles. The van der Waals surface area contributed by atoms with Crippen LogP contribution < -0.4 is 5.32 Å². The number of hydrogen-bond donors (Lipinski definition) is 2. The maximum absolute atomic E-state index is 11.7. The largest absolute Gasteiger partial charge is 0.465 e. The maximum Gasteiger partial charge on any atom is 0.348 e. The Kier molecular flexibility index (Phi) is 4.20. The number of aryl methyl sites for hydroxylation is 2. The number of ether oxygens (including phenoxy) is 1. The quantitative estimate of drug-likeness (QED) is 0.838. The molecule has 1 atom stereocenters. The first kappa shape index (κ1) is 14.7. The van der Waals surface area contributed by atoms with Crippen molar-refractivity contribution >= 4 is 33.3 Å². The van der Waals surface area contributed by atoms with Crippen LogP contribution in [0.15, 0.2) is 0 Å². The second-order valence-corrected chi connectivity index (χ2v) is 5.58. The molecule has 20 heavy (non-hydrogen) atoms. The lowest BCUT2D eigenvalue weighted by atomic mass is 10.2. The number of aliphatic hydroxyl groups is 1. The lowest BCUT2D eigenvalue weighted by molar-refractivity contribution is 0.0605. The Hall–Kier alpha value is -1.73. The van der Waals surface area contributed by atoms with E-state index >= 15 is 0 Å². The number of hydrogen-bond acceptors (Lipinski definition) is 7. The van der Waals surface area contributed by atoms with Crippen LogP contribution in [0.25, 0.3) is 10.2 Å². The summed E-state index contributed by atoms with van der Waals surface area (Å²) in [7, 11) is 1.36. The van der Waals surface area contributed by atoms with Crippen LogP contribution in [0.5, 0.6) is 0 Å². The number of methoxy groups -OCH3 is 1. The van der Waals surface area contributed by atoms with Crippen molar-refractivity contribution in [1.82, 2.24) is 9.97 Å². The summed E-state index contributed by atoms with van der Waals surface area (Å²) in [6, 6.07) is 0. The molecule has 7 heteroatoms. The highest BCUT2D eigenvalue weighted by molar-refractivity contribution is 7.20. The summed E-state index contributed by atoms with van der Waals surface area (Å²) >= 11 is 1.29. The molecule has 2 N–H and O–H groups in total. The number of carbonyl (C=O) groups is 1. The molecule has 6 nitrogen and oxygen atoms in total. The van der Waals surface area contributed by atoms with Gasteiger partial charge in [-0.05, 0) is 26.3 Å². The van der Waals surface area contributed by atoms with Crippen LogP contribution in [-0.2, 0) is 4.74 Å².